The third kappa shape index (κ3) is 3.98. The van der Waals surface area contributed by atoms with Crippen LogP contribution in [0.4, 0.5) is 0 Å². The van der Waals surface area contributed by atoms with Crippen LogP contribution in [0.15, 0.2) is 58.7 Å². The lowest BCUT2D eigenvalue weighted by Crippen LogP contribution is -2.08. The Morgan fingerprint density at radius 2 is 2.00 bits per heavy atom. The summed E-state index contributed by atoms with van der Waals surface area (Å²) in [5, 5.41) is 0. The van der Waals surface area contributed by atoms with Crippen molar-refractivity contribution < 1.29 is 4.74 Å². The fourth-order valence-corrected chi connectivity index (χ4v) is 3.02. The molecule has 0 N–H and O–H groups in total. The zero-order chi connectivity index (χ0) is 15.4. The van der Waals surface area contributed by atoms with Gasteiger partial charge < -0.3 is 4.74 Å². The van der Waals surface area contributed by atoms with E-state index >= 15 is 0 Å². The van der Waals surface area contributed by atoms with Gasteiger partial charge in [-0.3, -0.25) is 4.98 Å². The topological polar surface area (TPSA) is 22.1 Å². The van der Waals surface area contributed by atoms with Crippen LogP contribution in [0.25, 0.3) is 11.3 Å². The molecule has 0 saturated heterocycles. The summed E-state index contributed by atoms with van der Waals surface area (Å²) in [7, 11) is 0. The predicted octanol–water partition coefficient (Wildman–Crippen LogP) is 5.64. The molecule has 0 fully saturated rings. The smallest absolute Gasteiger partial charge is 0.119 e. The predicted molar refractivity (Wildman–Crippen MR) is 94.0 cm³/mol. The number of hydrogen-bond donors (Lipinski definition) is 0. The first kappa shape index (κ1) is 15.3. The van der Waals surface area contributed by atoms with E-state index in [4.69, 9.17) is 4.74 Å². The SMILES string of the molecule is C[C@H]1C=C(COc2ccc(-c3ccc(Br)cn3)cc2)CCC1. The van der Waals surface area contributed by atoms with Crippen LogP contribution in [0.5, 0.6) is 5.75 Å². The standard InChI is InChI=1S/C19H20BrNO/c1-14-3-2-4-15(11-14)13-22-18-8-5-16(6-9-18)19-10-7-17(20)12-21-19/h5-12,14H,2-4,13H2,1H3/t14-/m1/s1. The molecular formula is C19H20BrNO. The number of hydrogen-bond acceptors (Lipinski definition) is 2. The molecule has 1 aromatic heterocycles. The quantitative estimate of drug-likeness (QED) is 0.660. The Bertz CT molecular complexity index is 646. The van der Waals surface area contributed by atoms with Crippen molar-refractivity contribution >= 4 is 15.9 Å². The number of pyridine rings is 1. The molecule has 1 aliphatic rings. The zero-order valence-corrected chi connectivity index (χ0v) is 14.3. The van der Waals surface area contributed by atoms with Crippen molar-refractivity contribution in [2.45, 2.75) is 26.2 Å². The van der Waals surface area contributed by atoms with Crippen LogP contribution in [-0.2, 0) is 0 Å². The minimum atomic E-state index is 0.693. The van der Waals surface area contributed by atoms with Crippen molar-refractivity contribution in [1.82, 2.24) is 4.98 Å². The largest absolute Gasteiger partial charge is 0.489 e. The molecule has 0 amide bonds. The van der Waals surface area contributed by atoms with E-state index in [-0.39, 0.29) is 0 Å². The van der Waals surface area contributed by atoms with Gasteiger partial charge in [-0.1, -0.05) is 13.0 Å². The molecule has 3 rings (SSSR count). The Morgan fingerprint density at radius 3 is 2.68 bits per heavy atom. The van der Waals surface area contributed by atoms with E-state index in [1.165, 1.54) is 24.8 Å². The maximum absolute atomic E-state index is 5.91. The van der Waals surface area contributed by atoms with Gasteiger partial charge in [0.1, 0.15) is 12.4 Å². The molecule has 0 aliphatic heterocycles. The lowest BCUT2D eigenvalue weighted by Gasteiger charge is -2.18. The number of rotatable bonds is 4. The first-order chi connectivity index (χ1) is 10.7. The third-order valence-corrected chi connectivity index (χ3v) is 4.45. The van der Waals surface area contributed by atoms with Gasteiger partial charge in [-0.2, -0.15) is 0 Å². The first-order valence-electron chi connectivity index (χ1n) is 7.75. The highest BCUT2D eigenvalue weighted by molar-refractivity contribution is 9.10. The van der Waals surface area contributed by atoms with Gasteiger partial charge in [-0.05, 0) is 83.1 Å². The molecule has 0 radical (unpaired) electrons. The summed E-state index contributed by atoms with van der Waals surface area (Å²) in [6, 6.07) is 12.2. The molecule has 1 heterocycles. The minimum Gasteiger partial charge on any atom is -0.489 e. The molecule has 1 aromatic carbocycles. The van der Waals surface area contributed by atoms with Crippen LogP contribution in [-0.4, -0.2) is 11.6 Å². The molecule has 2 nitrogen and oxygen atoms in total. The van der Waals surface area contributed by atoms with Gasteiger partial charge in [0, 0.05) is 16.2 Å². The Morgan fingerprint density at radius 1 is 1.18 bits per heavy atom. The van der Waals surface area contributed by atoms with Crippen LogP contribution >= 0.6 is 15.9 Å². The van der Waals surface area contributed by atoms with E-state index < -0.39 is 0 Å². The lowest BCUT2D eigenvalue weighted by molar-refractivity contribution is 0.340. The second-order valence-electron chi connectivity index (χ2n) is 5.87. The fraction of sp³-hybridized carbons (Fsp3) is 0.316. The zero-order valence-electron chi connectivity index (χ0n) is 12.8. The average molecular weight is 358 g/mol. The molecule has 1 aliphatic carbocycles. The average Bonchev–Trinajstić information content (AvgIpc) is 2.54. The van der Waals surface area contributed by atoms with Gasteiger partial charge in [0.05, 0.1) is 5.69 Å². The highest BCUT2D eigenvalue weighted by Gasteiger charge is 2.10. The monoisotopic (exact) mass is 357 g/mol. The van der Waals surface area contributed by atoms with Crippen molar-refractivity contribution in [2.24, 2.45) is 5.92 Å². The molecule has 2 aromatic rings. The summed E-state index contributed by atoms with van der Waals surface area (Å²) in [5.41, 5.74) is 3.50. The Balaban J connectivity index is 1.63. The van der Waals surface area contributed by atoms with E-state index in [0.29, 0.717) is 12.5 Å². The molecule has 22 heavy (non-hydrogen) atoms. The normalized spacial score (nSPS) is 17.9. The molecule has 114 valence electrons. The number of nitrogens with zero attached hydrogens (tertiary/aromatic N) is 1. The van der Waals surface area contributed by atoms with Crippen LogP contribution in [0, 0.1) is 5.92 Å². The number of allylic oxidation sites excluding steroid dienone is 1. The molecule has 1 atom stereocenters. The maximum Gasteiger partial charge on any atom is 0.119 e. The van der Waals surface area contributed by atoms with Gasteiger partial charge in [-0.25, -0.2) is 0 Å². The summed E-state index contributed by atoms with van der Waals surface area (Å²) in [6.07, 6.45) is 7.94. The Kier molecular flexibility index (Phi) is 4.94. The van der Waals surface area contributed by atoms with Gasteiger partial charge in [0.2, 0.25) is 0 Å². The summed E-state index contributed by atoms with van der Waals surface area (Å²) in [5.74, 6) is 1.61. The first-order valence-corrected chi connectivity index (χ1v) is 8.54. The number of ether oxygens (including phenoxy) is 1. The van der Waals surface area contributed by atoms with Gasteiger partial charge >= 0.3 is 0 Å². The Labute approximate surface area is 140 Å². The number of halogens is 1. The van der Waals surface area contributed by atoms with Crippen molar-refractivity contribution in [3.05, 3.63) is 58.7 Å². The van der Waals surface area contributed by atoms with E-state index in [1.807, 2.05) is 30.5 Å². The summed E-state index contributed by atoms with van der Waals surface area (Å²) in [4.78, 5) is 4.41. The van der Waals surface area contributed by atoms with E-state index in [1.54, 1.807) is 0 Å². The van der Waals surface area contributed by atoms with Gasteiger partial charge in [0.15, 0.2) is 0 Å². The maximum atomic E-state index is 5.91. The van der Waals surface area contributed by atoms with Crippen LogP contribution < -0.4 is 4.74 Å². The van der Waals surface area contributed by atoms with E-state index in [0.717, 1.165) is 21.5 Å². The van der Waals surface area contributed by atoms with E-state index in [9.17, 15) is 0 Å². The van der Waals surface area contributed by atoms with Gasteiger partial charge in [0.25, 0.3) is 0 Å². The van der Waals surface area contributed by atoms with E-state index in [2.05, 4.69) is 46.0 Å². The Hall–Kier alpha value is -1.61. The van der Waals surface area contributed by atoms with Crippen molar-refractivity contribution in [3.63, 3.8) is 0 Å². The molecular weight excluding hydrogens is 338 g/mol. The molecule has 0 bridgehead atoms. The fourth-order valence-electron chi connectivity index (χ4n) is 2.78. The highest BCUT2D eigenvalue weighted by Crippen LogP contribution is 2.25. The summed E-state index contributed by atoms with van der Waals surface area (Å²) >= 11 is 3.40. The third-order valence-electron chi connectivity index (χ3n) is 3.98. The van der Waals surface area contributed by atoms with Crippen LogP contribution in [0.1, 0.15) is 26.2 Å². The minimum absolute atomic E-state index is 0.693. The second-order valence-corrected chi connectivity index (χ2v) is 6.78. The van der Waals surface area contributed by atoms with Crippen molar-refractivity contribution in [1.29, 1.82) is 0 Å². The molecule has 0 unspecified atom stereocenters. The lowest BCUT2D eigenvalue weighted by atomic mass is 9.92. The summed E-state index contributed by atoms with van der Waals surface area (Å²) in [6.45, 7) is 2.99. The van der Waals surface area contributed by atoms with Crippen molar-refractivity contribution in [3.8, 4) is 17.0 Å². The van der Waals surface area contributed by atoms with Gasteiger partial charge in [-0.15, -0.1) is 0 Å². The molecule has 3 heteroatoms. The molecule has 0 spiro atoms. The summed E-state index contributed by atoms with van der Waals surface area (Å²) < 4.78 is 6.90. The van der Waals surface area contributed by atoms with Crippen LogP contribution in [0.3, 0.4) is 0 Å². The molecule has 0 saturated carbocycles. The van der Waals surface area contributed by atoms with Crippen molar-refractivity contribution in [2.75, 3.05) is 6.61 Å². The van der Waals surface area contributed by atoms with Crippen LogP contribution in [0.2, 0.25) is 0 Å². The number of aromatic nitrogens is 1. The number of benzene rings is 1. The second kappa shape index (κ2) is 7.10. The highest BCUT2D eigenvalue weighted by atomic mass is 79.9.